The van der Waals surface area contributed by atoms with Crippen molar-refractivity contribution >= 4 is 29.9 Å². The molecule has 1 aromatic carbocycles. The van der Waals surface area contributed by atoms with E-state index < -0.39 is 0 Å². The van der Waals surface area contributed by atoms with Crippen molar-refractivity contribution in [3.8, 4) is 11.5 Å². The topological polar surface area (TPSA) is 58.1 Å². The van der Waals surface area contributed by atoms with Crippen LogP contribution in [0.25, 0.3) is 0 Å². The molecule has 1 aliphatic rings. The third-order valence-corrected chi connectivity index (χ3v) is 4.49. The van der Waals surface area contributed by atoms with Gasteiger partial charge in [-0.2, -0.15) is 0 Å². The lowest BCUT2D eigenvalue weighted by Gasteiger charge is -2.14. The summed E-state index contributed by atoms with van der Waals surface area (Å²) >= 11 is 0. The number of guanidine groups is 1. The number of hydrogen-bond acceptors (Lipinski definition) is 4. The van der Waals surface area contributed by atoms with E-state index in [9.17, 15) is 0 Å². The highest BCUT2D eigenvalue weighted by atomic mass is 127. The first-order valence-electron chi connectivity index (χ1n) is 9.07. The lowest BCUT2D eigenvalue weighted by molar-refractivity contribution is 0.354. The Kier molecular flexibility index (Phi) is 10.7. The number of nitrogens with zero attached hydrogens (tertiary/aromatic N) is 2. The minimum atomic E-state index is 0. The summed E-state index contributed by atoms with van der Waals surface area (Å²) < 4.78 is 10.6. The van der Waals surface area contributed by atoms with Crippen LogP contribution in [0.2, 0.25) is 0 Å². The smallest absolute Gasteiger partial charge is 0.191 e. The number of nitrogens with one attached hydrogen (secondary N) is 2. The van der Waals surface area contributed by atoms with E-state index in [1.165, 1.54) is 18.5 Å². The molecular weight excluding hydrogens is 443 g/mol. The number of benzene rings is 1. The molecule has 0 aliphatic carbocycles. The summed E-state index contributed by atoms with van der Waals surface area (Å²) in [4.78, 5) is 7.12. The van der Waals surface area contributed by atoms with Crippen molar-refractivity contribution in [3.05, 3.63) is 23.8 Å². The van der Waals surface area contributed by atoms with Crippen LogP contribution < -0.4 is 20.1 Å². The van der Waals surface area contributed by atoms with Crippen molar-refractivity contribution in [3.63, 3.8) is 0 Å². The van der Waals surface area contributed by atoms with E-state index in [-0.39, 0.29) is 24.0 Å². The van der Waals surface area contributed by atoms with Crippen LogP contribution in [0.1, 0.15) is 18.9 Å². The first kappa shape index (κ1) is 22.8. The Hall–Kier alpha value is -1.22. The molecule has 1 heterocycles. The third kappa shape index (κ3) is 7.19. The second-order valence-electron chi connectivity index (χ2n) is 6.50. The summed E-state index contributed by atoms with van der Waals surface area (Å²) in [5.41, 5.74) is 1.21. The maximum Gasteiger partial charge on any atom is 0.191 e. The van der Waals surface area contributed by atoms with Gasteiger partial charge in [0.25, 0.3) is 0 Å². The monoisotopic (exact) mass is 476 g/mol. The molecule has 26 heavy (non-hydrogen) atoms. The van der Waals surface area contributed by atoms with Gasteiger partial charge in [-0.15, -0.1) is 24.0 Å². The number of likely N-dealkylation sites (tertiary alicyclic amines) is 1. The molecule has 0 amide bonds. The van der Waals surface area contributed by atoms with Crippen molar-refractivity contribution in [1.29, 1.82) is 0 Å². The summed E-state index contributed by atoms with van der Waals surface area (Å²) in [6.07, 6.45) is 2.14. The quantitative estimate of drug-likeness (QED) is 0.343. The van der Waals surface area contributed by atoms with Crippen LogP contribution in [0.3, 0.4) is 0 Å². The van der Waals surface area contributed by atoms with Crippen LogP contribution in [0.15, 0.2) is 23.2 Å². The van der Waals surface area contributed by atoms with Gasteiger partial charge in [-0.3, -0.25) is 4.99 Å². The first-order valence-corrected chi connectivity index (χ1v) is 9.07. The van der Waals surface area contributed by atoms with Gasteiger partial charge in [-0.1, -0.05) is 6.07 Å². The van der Waals surface area contributed by atoms with Crippen LogP contribution in [-0.2, 0) is 6.42 Å². The zero-order valence-corrected chi connectivity index (χ0v) is 18.7. The highest BCUT2D eigenvalue weighted by molar-refractivity contribution is 14.0. The first-order chi connectivity index (χ1) is 12.2. The van der Waals surface area contributed by atoms with Gasteiger partial charge < -0.3 is 25.0 Å². The Labute approximate surface area is 174 Å². The Morgan fingerprint density at radius 3 is 2.62 bits per heavy atom. The molecule has 0 saturated carbocycles. The summed E-state index contributed by atoms with van der Waals surface area (Å²) in [5.74, 6) is 3.10. The zero-order valence-electron chi connectivity index (χ0n) is 16.4. The van der Waals surface area contributed by atoms with Crippen LogP contribution in [0.4, 0.5) is 0 Å². The summed E-state index contributed by atoms with van der Waals surface area (Å²) in [5, 5.41) is 6.75. The Balaban J connectivity index is 0.00000338. The molecule has 1 saturated heterocycles. The molecule has 2 rings (SSSR count). The molecule has 0 spiro atoms. The van der Waals surface area contributed by atoms with E-state index in [4.69, 9.17) is 14.5 Å². The van der Waals surface area contributed by atoms with Crippen LogP contribution in [-0.4, -0.2) is 64.9 Å². The van der Waals surface area contributed by atoms with Crippen molar-refractivity contribution < 1.29 is 9.47 Å². The van der Waals surface area contributed by atoms with Crippen molar-refractivity contribution in [2.75, 3.05) is 54.0 Å². The average Bonchev–Trinajstić information content (AvgIpc) is 3.04. The summed E-state index contributed by atoms with van der Waals surface area (Å²) in [7, 11) is 5.49. The number of aliphatic imine (C=N–C) groups is 1. The van der Waals surface area contributed by atoms with Crippen LogP contribution >= 0.6 is 24.0 Å². The van der Waals surface area contributed by atoms with Gasteiger partial charge in [0, 0.05) is 26.2 Å². The maximum absolute atomic E-state index is 5.36. The fourth-order valence-corrected chi connectivity index (χ4v) is 3.10. The third-order valence-electron chi connectivity index (χ3n) is 4.49. The highest BCUT2D eigenvalue weighted by Crippen LogP contribution is 2.27. The standard InChI is InChI=1S/C19H32N4O2.HI/c1-5-20-19(22-13-16-9-11-23(2)14-16)21-10-8-15-6-7-17(24-3)18(12-15)25-4;/h6-7,12,16H,5,8-11,13-14H2,1-4H3,(H2,20,21,22);1H. The Bertz CT molecular complexity index is 568. The van der Waals surface area contributed by atoms with Crippen molar-refractivity contribution in [2.24, 2.45) is 10.9 Å². The van der Waals surface area contributed by atoms with E-state index >= 15 is 0 Å². The lowest BCUT2D eigenvalue weighted by atomic mass is 10.1. The second kappa shape index (κ2) is 12.2. The van der Waals surface area contributed by atoms with Gasteiger partial charge in [-0.25, -0.2) is 0 Å². The van der Waals surface area contributed by atoms with Gasteiger partial charge >= 0.3 is 0 Å². The highest BCUT2D eigenvalue weighted by Gasteiger charge is 2.18. The number of methoxy groups -OCH3 is 2. The van der Waals surface area contributed by atoms with Crippen molar-refractivity contribution in [2.45, 2.75) is 19.8 Å². The average molecular weight is 476 g/mol. The lowest BCUT2D eigenvalue weighted by Crippen LogP contribution is -2.38. The van der Waals surface area contributed by atoms with Crippen LogP contribution in [0, 0.1) is 5.92 Å². The second-order valence-corrected chi connectivity index (χ2v) is 6.50. The molecule has 1 aromatic rings. The predicted molar refractivity (Wildman–Crippen MR) is 118 cm³/mol. The molecule has 7 heteroatoms. The van der Waals surface area contributed by atoms with Gasteiger partial charge in [0.2, 0.25) is 0 Å². The van der Waals surface area contributed by atoms with Crippen LogP contribution in [0.5, 0.6) is 11.5 Å². The molecule has 0 aromatic heterocycles. The molecule has 0 bridgehead atoms. The molecule has 6 nitrogen and oxygen atoms in total. The zero-order chi connectivity index (χ0) is 18.1. The molecule has 1 unspecified atom stereocenters. The van der Waals surface area contributed by atoms with E-state index in [2.05, 4.69) is 35.6 Å². The predicted octanol–water partition coefficient (Wildman–Crippen LogP) is 2.37. The summed E-state index contributed by atoms with van der Waals surface area (Å²) in [6.45, 7) is 7.00. The molecular formula is C19H33IN4O2. The minimum Gasteiger partial charge on any atom is -0.493 e. The minimum absolute atomic E-state index is 0. The molecule has 1 fully saturated rings. The van der Waals surface area contributed by atoms with Gasteiger partial charge in [0.15, 0.2) is 17.5 Å². The number of hydrogen-bond donors (Lipinski definition) is 2. The van der Waals surface area contributed by atoms with Gasteiger partial charge in [0.1, 0.15) is 0 Å². The SMILES string of the molecule is CCNC(=NCC1CCN(C)C1)NCCc1ccc(OC)c(OC)c1.I. The fraction of sp³-hybridized carbons (Fsp3) is 0.632. The number of rotatable bonds is 8. The fourth-order valence-electron chi connectivity index (χ4n) is 3.10. The number of halogens is 1. The molecule has 1 atom stereocenters. The van der Waals surface area contributed by atoms with Gasteiger partial charge in [0.05, 0.1) is 14.2 Å². The molecule has 2 N–H and O–H groups in total. The summed E-state index contributed by atoms with van der Waals surface area (Å²) in [6, 6.07) is 6.05. The molecule has 148 valence electrons. The molecule has 1 aliphatic heterocycles. The molecule has 0 radical (unpaired) electrons. The maximum atomic E-state index is 5.36. The Morgan fingerprint density at radius 2 is 2.00 bits per heavy atom. The van der Waals surface area contributed by atoms with Gasteiger partial charge in [-0.05, 0) is 57.0 Å². The van der Waals surface area contributed by atoms with E-state index in [0.29, 0.717) is 5.92 Å². The Morgan fingerprint density at radius 1 is 1.23 bits per heavy atom. The number of ether oxygens (including phenoxy) is 2. The van der Waals surface area contributed by atoms with E-state index in [1.54, 1.807) is 14.2 Å². The van der Waals surface area contributed by atoms with Crippen molar-refractivity contribution in [1.82, 2.24) is 15.5 Å². The van der Waals surface area contributed by atoms with E-state index in [0.717, 1.165) is 50.1 Å². The van der Waals surface area contributed by atoms with E-state index in [1.807, 2.05) is 12.1 Å². The largest absolute Gasteiger partial charge is 0.493 e. The normalized spacial score (nSPS) is 17.5.